The molecule has 1 aromatic carbocycles. The standard InChI is InChI=1S/C15H21Cl2NO4S/c1-4-11(3)18(15(19)14(16)17)10-12-7-6-8-13(9-12)22-23(20,21)5-2/h6-9,11,14H,4-5,10H2,1-3H3. The van der Waals surface area contributed by atoms with E-state index in [4.69, 9.17) is 27.4 Å². The van der Waals surface area contributed by atoms with Gasteiger partial charge in [0.2, 0.25) is 0 Å². The monoisotopic (exact) mass is 381 g/mol. The molecule has 0 radical (unpaired) electrons. The summed E-state index contributed by atoms with van der Waals surface area (Å²) in [6, 6.07) is 6.55. The summed E-state index contributed by atoms with van der Waals surface area (Å²) >= 11 is 11.4. The number of amides is 1. The van der Waals surface area contributed by atoms with Gasteiger partial charge >= 0.3 is 10.1 Å². The smallest absolute Gasteiger partial charge is 0.308 e. The number of alkyl halides is 2. The number of nitrogens with zero attached hydrogens (tertiary/aromatic N) is 1. The largest absolute Gasteiger partial charge is 0.382 e. The minimum Gasteiger partial charge on any atom is -0.382 e. The van der Waals surface area contributed by atoms with Crippen molar-refractivity contribution in [1.29, 1.82) is 0 Å². The lowest BCUT2D eigenvalue weighted by atomic mass is 10.1. The summed E-state index contributed by atoms with van der Waals surface area (Å²) in [7, 11) is -3.59. The summed E-state index contributed by atoms with van der Waals surface area (Å²) in [4.78, 5) is 12.6. The van der Waals surface area contributed by atoms with Crippen LogP contribution in [0.25, 0.3) is 0 Å². The van der Waals surface area contributed by atoms with Gasteiger partial charge < -0.3 is 9.08 Å². The van der Waals surface area contributed by atoms with E-state index in [1.165, 1.54) is 6.92 Å². The van der Waals surface area contributed by atoms with E-state index in [0.717, 1.165) is 12.0 Å². The summed E-state index contributed by atoms with van der Waals surface area (Å²) in [6.07, 6.45) is 0.743. The molecular formula is C15H21Cl2NO4S. The quantitative estimate of drug-likeness (QED) is 0.511. The number of carbonyl (C=O) groups excluding carboxylic acids is 1. The van der Waals surface area contributed by atoms with Gasteiger partial charge in [0.15, 0.2) is 4.84 Å². The van der Waals surface area contributed by atoms with E-state index in [1.54, 1.807) is 29.2 Å². The first-order valence-corrected chi connectivity index (χ1v) is 9.75. The first-order valence-electron chi connectivity index (χ1n) is 7.29. The van der Waals surface area contributed by atoms with Gasteiger partial charge in [0.05, 0.1) is 5.75 Å². The number of hydrogen-bond donors (Lipinski definition) is 0. The molecule has 8 heteroatoms. The zero-order chi connectivity index (χ0) is 17.6. The van der Waals surface area contributed by atoms with Crippen LogP contribution in [0, 0.1) is 0 Å². The zero-order valence-electron chi connectivity index (χ0n) is 13.3. The Balaban J connectivity index is 2.99. The minimum absolute atomic E-state index is 0.0496. The molecule has 1 amide bonds. The maximum Gasteiger partial charge on any atom is 0.308 e. The highest BCUT2D eigenvalue weighted by Gasteiger charge is 2.24. The minimum atomic E-state index is -3.59. The van der Waals surface area contributed by atoms with Crippen molar-refractivity contribution in [2.75, 3.05) is 5.75 Å². The van der Waals surface area contributed by atoms with Crippen LogP contribution in [0.4, 0.5) is 0 Å². The summed E-state index contributed by atoms with van der Waals surface area (Å²) in [5, 5.41) is 0. The Kier molecular flexibility index (Phi) is 7.64. The van der Waals surface area contributed by atoms with Crippen LogP contribution in [0.5, 0.6) is 5.75 Å². The molecule has 0 bridgehead atoms. The molecule has 1 aromatic rings. The van der Waals surface area contributed by atoms with Gasteiger partial charge in [0.1, 0.15) is 5.75 Å². The van der Waals surface area contributed by atoms with E-state index in [1.807, 2.05) is 13.8 Å². The highest BCUT2D eigenvalue weighted by atomic mass is 35.5. The second-order valence-corrected chi connectivity index (χ2v) is 8.06. The molecule has 0 N–H and O–H groups in total. The van der Waals surface area contributed by atoms with Crippen LogP contribution in [0.15, 0.2) is 24.3 Å². The van der Waals surface area contributed by atoms with Crippen molar-refractivity contribution in [2.24, 2.45) is 0 Å². The van der Waals surface area contributed by atoms with Gasteiger partial charge in [-0.25, -0.2) is 0 Å². The van der Waals surface area contributed by atoms with Crippen LogP contribution in [-0.4, -0.2) is 35.9 Å². The Morgan fingerprint density at radius 2 is 1.96 bits per heavy atom. The average Bonchev–Trinajstić information content (AvgIpc) is 2.51. The van der Waals surface area contributed by atoms with Crippen molar-refractivity contribution in [1.82, 2.24) is 4.90 Å². The molecular weight excluding hydrogens is 361 g/mol. The molecule has 0 aliphatic rings. The lowest BCUT2D eigenvalue weighted by Gasteiger charge is -2.29. The van der Waals surface area contributed by atoms with E-state index < -0.39 is 15.0 Å². The van der Waals surface area contributed by atoms with Gasteiger partial charge in [-0.15, -0.1) is 0 Å². The highest BCUT2D eigenvalue weighted by Crippen LogP contribution is 2.20. The second kappa shape index (κ2) is 8.76. The third kappa shape index (κ3) is 6.20. The third-order valence-electron chi connectivity index (χ3n) is 3.42. The average molecular weight is 382 g/mol. The first kappa shape index (κ1) is 20.1. The molecule has 0 saturated carbocycles. The zero-order valence-corrected chi connectivity index (χ0v) is 15.7. The SMILES string of the molecule is CCC(C)N(Cc1cccc(OS(=O)(=O)CC)c1)C(=O)C(Cl)Cl. The molecule has 0 spiro atoms. The van der Waals surface area contributed by atoms with Gasteiger partial charge in [0.25, 0.3) is 5.91 Å². The van der Waals surface area contributed by atoms with E-state index in [-0.39, 0.29) is 30.0 Å². The van der Waals surface area contributed by atoms with Crippen molar-refractivity contribution in [3.63, 3.8) is 0 Å². The van der Waals surface area contributed by atoms with Gasteiger partial charge in [-0.1, -0.05) is 42.3 Å². The molecule has 130 valence electrons. The number of benzene rings is 1. The molecule has 0 aromatic heterocycles. The molecule has 0 aliphatic carbocycles. The predicted molar refractivity (Wildman–Crippen MR) is 92.3 cm³/mol. The summed E-state index contributed by atoms with van der Waals surface area (Å²) in [5.41, 5.74) is 0.733. The Morgan fingerprint density at radius 1 is 1.30 bits per heavy atom. The van der Waals surface area contributed by atoms with Gasteiger partial charge in [-0.05, 0) is 38.0 Å². The van der Waals surface area contributed by atoms with Gasteiger partial charge in [-0.3, -0.25) is 4.79 Å². The van der Waals surface area contributed by atoms with E-state index in [9.17, 15) is 13.2 Å². The molecule has 0 fully saturated rings. The van der Waals surface area contributed by atoms with Crippen LogP contribution < -0.4 is 4.18 Å². The van der Waals surface area contributed by atoms with Gasteiger partial charge in [-0.2, -0.15) is 8.42 Å². The fourth-order valence-corrected chi connectivity index (χ4v) is 2.66. The second-order valence-electron chi connectivity index (χ2n) is 5.10. The maximum absolute atomic E-state index is 12.1. The van der Waals surface area contributed by atoms with E-state index in [2.05, 4.69) is 0 Å². The number of rotatable bonds is 8. The molecule has 0 aliphatic heterocycles. The Bertz CT molecular complexity index is 634. The topological polar surface area (TPSA) is 63.7 Å². The van der Waals surface area contributed by atoms with E-state index in [0.29, 0.717) is 0 Å². The van der Waals surface area contributed by atoms with Crippen LogP contribution in [0.3, 0.4) is 0 Å². The highest BCUT2D eigenvalue weighted by molar-refractivity contribution is 7.87. The van der Waals surface area contributed by atoms with Gasteiger partial charge in [0, 0.05) is 12.6 Å². The van der Waals surface area contributed by atoms with Crippen LogP contribution in [0.2, 0.25) is 0 Å². The molecule has 1 atom stereocenters. The molecule has 0 saturated heterocycles. The van der Waals surface area contributed by atoms with E-state index >= 15 is 0 Å². The molecule has 23 heavy (non-hydrogen) atoms. The fraction of sp³-hybridized carbons (Fsp3) is 0.533. The maximum atomic E-state index is 12.1. The third-order valence-corrected chi connectivity index (χ3v) is 4.95. The van der Waals surface area contributed by atoms with Crippen LogP contribution in [-0.2, 0) is 21.5 Å². The van der Waals surface area contributed by atoms with Crippen LogP contribution >= 0.6 is 23.2 Å². The molecule has 1 rings (SSSR count). The molecule has 1 unspecified atom stereocenters. The van der Waals surface area contributed by atoms with Crippen molar-refractivity contribution >= 4 is 39.2 Å². The fourth-order valence-electron chi connectivity index (χ4n) is 1.89. The van der Waals surface area contributed by atoms with Crippen molar-refractivity contribution in [3.8, 4) is 5.75 Å². The lowest BCUT2D eigenvalue weighted by molar-refractivity contribution is -0.132. The summed E-state index contributed by atoms with van der Waals surface area (Å²) in [5.74, 6) is -0.279. The first-order chi connectivity index (χ1) is 10.7. The molecule has 5 nitrogen and oxygen atoms in total. The number of carbonyl (C=O) groups is 1. The lowest BCUT2D eigenvalue weighted by Crippen LogP contribution is -2.40. The van der Waals surface area contributed by atoms with Crippen LogP contribution in [0.1, 0.15) is 32.8 Å². The summed E-state index contributed by atoms with van der Waals surface area (Å²) < 4.78 is 28.0. The predicted octanol–water partition coefficient (Wildman–Crippen LogP) is 3.35. The summed E-state index contributed by atoms with van der Waals surface area (Å²) in [6.45, 7) is 5.63. The number of halogens is 2. The van der Waals surface area contributed by atoms with Crippen molar-refractivity contribution < 1.29 is 17.4 Å². The Hall–Kier alpha value is -0.980. The Labute approximate surface area is 147 Å². The van der Waals surface area contributed by atoms with Crippen molar-refractivity contribution in [3.05, 3.63) is 29.8 Å². The van der Waals surface area contributed by atoms with Crippen molar-refractivity contribution in [2.45, 2.75) is 44.6 Å². The number of hydrogen-bond acceptors (Lipinski definition) is 4. The Morgan fingerprint density at radius 3 is 2.48 bits per heavy atom. The normalized spacial score (nSPS) is 13.0. The molecule has 0 heterocycles.